The minimum absolute atomic E-state index is 0.0237. The van der Waals surface area contributed by atoms with E-state index in [2.05, 4.69) is 4.98 Å². The summed E-state index contributed by atoms with van der Waals surface area (Å²) in [4.78, 5) is 28.9. The fourth-order valence-corrected chi connectivity index (χ4v) is 2.73. The molecule has 8 heteroatoms. The molecule has 2 aromatic rings. The summed E-state index contributed by atoms with van der Waals surface area (Å²) in [5.41, 5.74) is 6.08. The van der Waals surface area contributed by atoms with Gasteiger partial charge in [0, 0.05) is 18.5 Å². The molecule has 0 aromatic carbocycles. The molecular weight excluding hydrogens is 340 g/mol. The van der Waals surface area contributed by atoms with Crippen LogP contribution in [0.1, 0.15) is 36.8 Å². The molecule has 0 saturated carbocycles. The van der Waals surface area contributed by atoms with Gasteiger partial charge >= 0.3 is 5.97 Å². The number of hydrogen-bond donors (Lipinski definition) is 2. The van der Waals surface area contributed by atoms with Crippen molar-refractivity contribution in [3.05, 3.63) is 69.4 Å². The van der Waals surface area contributed by atoms with Crippen LogP contribution in [0.15, 0.2) is 51.3 Å². The van der Waals surface area contributed by atoms with Gasteiger partial charge < -0.3 is 24.7 Å². The maximum Gasteiger partial charge on any atom is 0.340 e. The van der Waals surface area contributed by atoms with E-state index in [1.54, 1.807) is 38.4 Å². The molecule has 0 aliphatic carbocycles. The van der Waals surface area contributed by atoms with E-state index in [1.165, 1.54) is 0 Å². The highest BCUT2D eigenvalue weighted by Crippen LogP contribution is 2.41. The predicted molar refractivity (Wildman–Crippen MR) is 90.1 cm³/mol. The molecule has 0 bridgehead atoms. The molecule has 0 spiro atoms. The second-order valence-electron chi connectivity index (χ2n) is 5.98. The summed E-state index contributed by atoms with van der Waals surface area (Å²) < 4.78 is 16.3. The number of nitrogens with two attached hydrogens (primary N) is 1. The molecular formula is C18H18N2O6. The number of esters is 1. The van der Waals surface area contributed by atoms with Crippen LogP contribution in [0, 0.1) is 0 Å². The fourth-order valence-electron chi connectivity index (χ4n) is 2.73. The zero-order valence-electron chi connectivity index (χ0n) is 14.3. The van der Waals surface area contributed by atoms with E-state index >= 15 is 0 Å². The zero-order chi connectivity index (χ0) is 18.8. The van der Waals surface area contributed by atoms with E-state index in [-0.39, 0.29) is 34.8 Å². The Labute approximate surface area is 148 Å². The first kappa shape index (κ1) is 17.7. The lowest BCUT2D eigenvalue weighted by molar-refractivity contribution is -0.143. The number of rotatable bonds is 4. The van der Waals surface area contributed by atoms with Crippen LogP contribution >= 0.6 is 0 Å². The molecule has 0 amide bonds. The quantitative estimate of drug-likeness (QED) is 0.781. The number of ether oxygens (including phenoxy) is 2. The van der Waals surface area contributed by atoms with Crippen molar-refractivity contribution in [1.82, 2.24) is 4.98 Å². The summed E-state index contributed by atoms with van der Waals surface area (Å²) >= 11 is 0. The summed E-state index contributed by atoms with van der Waals surface area (Å²) in [5, 5.41) is 9.35. The van der Waals surface area contributed by atoms with Gasteiger partial charge in [-0.05, 0) is 31.5 Å². The van der Waals surface area contributed by atoms with E-state index < -0.39 is 23.9 Å². The van der Waals surface area contributed by atoms with Crippen LogP contribution in [0.4, 0.5) is 0 Å². The smallest absolute Gasteiger partial charge is 0.340 e. The van der Waals surface area contributed by atoms with Crippen LogP contribution < -0.4 is 15.9 Å². The van der Waals surface area contributed by atoms with Gasteiger partial charge in [0.25, 0.3) is 0 Å². The fraction of sp³-hybridized carbons (Fsp3) is 0.278. The van der Waals surface area contributed by atoms with Crippen molar-refractivity contribution in [2.45, 2.75) is 32.5 Å². The number of aliphatic hydroxyl groups excluding tert-OH is 1. The predicted octanol–water partition coefficient (Wildman–Crippen LogP) is 1.17. The number of fused-ring (bicyclic) bond motifs is 1. The Morgan fingerprint density at radius 1 is 1.38 bits per heavy atom. The van der Waals surface area contributed by atoms with Gasteiger partial charge in [0.1, 0.15) is 17.9 Å². The molecule has 3 rings (SSSR count). The molecule has 0 radical (unpaired) electrons. The summed E-state index contributed by atoms with van der Waals surface area (Å²) in [6, 6.07) is 4.45. The lowest BCUT2D eigenvalue weighted by Crippen LogP contribution is -2.31. The summed E-state index contributed by atoms with van der Waals surface area (Å²) in [6.45, 7) is 2.94. The van der Waals surface area contributed by atoms with Crippen LogP contribution in [0.5, 0.6) is 5.75 Å². The zero-order valence-corrected chi connectivity index (χ0v) is 14.3. The lowest BCUT2D eigenvalue weighted by atomic mass is 9.87. The molecule has 26 heavy (non-hydrogen) atoms. The first-order chi connectivity index (χ1) is 12.4. The average molecular weight is 358 g/mol. The summed E-state index contributed by atoms with van der Waals surface area (Å²) in [6.07, 6.45) is 2.71. The molecule has 3 N–H and O–H groups in total. The Morgan fingerprint density at radius 3 is 2.69 bits per heavy atom. The number of hydrogen-bond acceptors (Lipinski definition) is 8. The lowest BCUT2D eigenvalue weighted by Gasteiger charge is -2.27. The van der Waals surface area contributed by atoms with Gasteiger partial charge in [-0.2, -0.15) is 0 Å². The number of carbonyl (C=O) groups is 1. The number of pyridine rings is 1. The average Bonchev–Trinajstić information content (AvgIpc) is 2.61. The van der Waals surface area contributed by atoms with Crippen molar-refractivity contribution in [2.75, 3.05) is 0 Å². The first-order valence-electron chi connectivity index (χ1n) is 7.98. The van der Waals surface area contributed by atoms with Gasteiger partial charge in [0.15, 0.2) is 5.76 Å². The van der Waals surface area contributed by atoms with Gasteiger partial charge in [-0.25, -0.2) is 4.79 Å². The summed E-state index contributed by atoms with van der Waals surface area (Å²) in [7, 11) is 0. The van der Waals surface area contributed by atoms with Crippen molar-refractivity contribution >= 4 is 5.97 Å². The molecule has 2 aromatic heterocycles. The SMILES string of the molecule is CC(C)OC(=O)C1=C(N)Oc2c(oc(CO)cc2=O)[C@@H]1c1ccncc1. The Kier molecular flexibility index (Phi) is 4.77. The Balaban J connectivity index is 2.24. The first-order valence-corrected chi connectivity index (χ1v) is 7.98. The Morgan fingerprint density at radius 2 is 2.08 bits per heavy atom. The van der Waals surface area contributed by atoms with E-state index in [0.29, 0.717) is 5.56 Å². The normalized spacial score (nSPS) is 16.2. The van der Waals surface area contributed by atoms with Gasteiger partial charge in [-0.1, -0.05) is 0 Å². The van der Waals surface area contributed by atoms with Gasteiger partial charge in [-0.15, -0.1) is 0 Å². The maximum atomic E-state index is 12.6. The van der Waals surface area contributed by atoms with Gasteiger partial charge in [0.05, 0.1) is 12.0 Å². The highest BCUT2D eigenvalue weighted by atomic mass is 16.5. The highest BCUT2D eigenvalue weighted by molar-refractivity contribution is 5.92. The number of aromatic nitrogens is 1. The molecule has 0 saturated heterocycles. The van der Waals surface area contributed by atoms with Crippen molar-refractivity contribution in [3.63, 3.8) is 0 Å². The largest absolute Gasteiger partial charge is 0.459 e. The van der Waals surface area contributed by atoms with Crippen molar-refractivity contribution < 1.29 is 23.8 Å². The van der Waals surface area contributed by atoms with E-state index in [9.17, 15) is 14.7 Å². The van der Waals surface area contributed by atoms with Gasteiger partial charge in [-0.3, -0.25) is 9.78 Å². The molecule has 0 unspecified atom stereocenters. The van der Waals surface area contributed by atoms with Crippen LogP contribution in [-0.2, 0) is 16.1 Å². The molecule has 136 valence electrons. The van der Waals surface area contributed by atoms with Crippen molar-refractivity contribution in [1.29, 1.82) is 0 Å². The van der Waals surface area contributed by atoms with Crippen LogP contribution in [0.3, 0.4) is 0 Å². The molecule has 3 heterocycles. The van der Waals surface area contributed by atoms with Crippen LogP contribution in [-0.4, -0.2) is 22.2 Å². The maximum absolute atomic E-state index is 12.6. The third kappa shape index (κ3) is 3.18. The second kappa shape index (κ2) is 7.01. The molecule has 1 atom stereocenters. The Bertz CT molecular complexity index is 917. The van der Waals surface area contributed by atoms with Crippen molar-refractivity contribution in [3.8, 4) is 5.75 Å². The number of aliphatic hydroxyl groups is 1. The molecule has 0 fully saturated rings. The van der Waals surface area contributed by atoms with Crippen molar-refractivity contribution in [2.24, 2.45) is 5.73 Å². The van der Waals surface area contributed by atoms with Crippen LogP contribution in [0.2, 0.25) is 0 Å². The van der Waals surface area contributed by atoms with Crippen LogP contribution in [0.25, 0.3) is 0 Å². The third-order valence-electron chi connectivity index (χ3n) is 3.77. The van der Waals surface area contributed by atoms with E-state index in [0.717, 1.165) is 6.07 Å². The molecule has 1 aliphatic rings. The second-order valence-corrected chi connectivity index (χ2v) is 5.98. The molecule has 1 aliphatic heterocycles. The topological polar surface area (TPSA) is 125 Å². The van der Waals surface area contributed by atoms with E-state index in [4.69, 9.17) is 19.6 Å². The van der Waals surface area contributed by atoms with Gasteiger partial charge in [0.2, 0.25) is 17.1 Å². The summed E-state index contributed by atoms with van der Waals surface area (Å²) in [5.74, 6) is -1.73. The number of nitrogens with zero attached hydrogens (tertiary/aromatic N) is 1. The standard InChI is InChI=1S/C18H18N2O6/c1-9(2)24-18(23)14-13(10-3-5-20-6-4-10)16-15(26-17(14)19)12(22)7-11(8-21)25-16/h3-7,9,13,21H,8,19H2,1-2H3/t13-/m1/s1. The van der Waals surface area contributed by atoms with E-state index in [1.807, 2.05) is 0 Å². The minimum Gasteiger partial charge on any atom is -0.459 e. The highest BCUT2D eigenvalue weighted by Gasteiger charge is 2.39. The molecule has 8 nitrogen and oxygen atoms in total. The number of carbonyl (C=O) groups excluding carboxylic acids is 1. The third-order valence-corrected chi connectivity index (χ3v) is 3.77. The Hall–Kier alpha value is -3.13. The minimum atomic E-state index is -0.827. The monoisotopic (exact) mass is 358 g/mol.